The Kier molecular flexibility index (Phi) is 5.45. The number of nitro groups is 1. The summed E-state index contributed by atoms with van der Waals surface area (Å²) in [5.41, 5.74) is -5.14. The van der Waals surface area contributed by atoms with E-state index in [0.29, 0.717) is 5.52 Å². The number of halogens is 3. The van der Waals surface area contributed by atoms with Gasteiger partial charge in [-0.1, -0.05) is 6.07 Å². The average Bonchev–Trinajstić information content (AvgIpc) is 2.44. The van der Waals surface area contributed by atoms with Crippen LogP contribution in [0.4, 0.5) is 18.9 Å². The van der Waals surface area contributed by atoms with Crippen LogP contribution in [0, 0.1) is 10.1 Å². The Morgan fingerprint density at radius 3 is 2.17 bits per heavy atom. The number of nitro benzene ring substituents is 1. The van der Waals surface area contributed by atoms with Crippen LogP contribution in [0.3, 0.4) is 0 Å². The summed E-state index contributed by atoms with van der Waals surface area (Å²) in [7, 11) is -4.62. The number of para-hydroxylation sites is 1. The fraction of sp³-hybridized carbons (Fsp3) is 0.182. The van der Waals surface area contributed by atoms with E-state index in [1.807, 2.05) is 0 Å². The number of nitrogens with zero attached hydrogens (tertiary/aromatic N) is 2. The maximum Gasteiger partial charge on any atom is 0.485 e. The Balaban J connectivity index is 0.000000284. The molecule has 0 spiro atoms. The van der Waals surface area contributed by atoms with Gasteiger partial charge >= 0.3 is 16.7 Å². The molecular weight excluding hydrogens is 345 g/mol. The van der Waals surface area contributed by atoms with Crippen LogP contribution >= 0.6 is 0 Å². The molecule has 0 bridgehead atoms. The normalized spacial score (nSPS) is 11.5. The molecular formula is C11H9F3N2O6S. The molecule has 0 aliphatic heterocycles. The summed E-state index contributed by atoms with van der Waals surface area (Å²) in [5, 5.41) is 11.6. The molecule has 12 heteroatoms. The van der Waals surface area contributed by atoms with E-state index in [9.17, 15) is 23.3 Å². The van der Waals surface area contributed by atoms with Gasteiger partial charge in [-0.3, -0.25) is 15.0 Å². The van der Waals surface area contributed by atoms with Crippen LogP contribution in [0.25, 0.3) is 10.9 Å². The molecule has 1 aromatic heterocycles. The minimum atomic E-state index is -6.09. The summed E-state index contributed by atoms with van der Waals surface area (Å²) < 4.78 is 60.3. The van der Waals surface area contributed by atoms with Gasteiger partial charge in [0.2, 0.25) is 6.20 Å². The lowest BCUT2D eigenvalue weighted by molar-refractivity contribution is -0.865. The first-order valence-electron chi connectivity index (χ1n) is 5.63. The van der Waals surface area contributed by atoms with Crippen LogP contribution in [0.2, 0.25) is 0 Å². The molecule has 0 saturated heterocycles. The van der Waals surface area contributed by atoms with Crippen molar-refractivity contribution in [3.8, 4) is 0 Å². The quantitative estimate of drug-likeness (QED) is 0.263. The highest BCUT2D eigenvalue weighted by Crippen LogP contribution is 2.21. The van der Waals surface area contributed by atoms with Crippen molar-refractivity contribution in [1.29, 1.82) is 0 Å². The van der Waals surface area contributed by atoms with E-state index >= 15 is 0 Å². The lowest BCUT2D eigenvalue weighted by Crippen LogP contribution is -2.40. The summed E-state index contributed by atoms with van der Waals surface area (Å²) in [6.07, 6.45) is 1.63. The SMILES string of the molecule is CO[n+]1cccc2cccc([N+](=O)[O-])c21.O=S(=O)([O-])C(F)(F)F. The molecule has 0 unspecified atom stereocenters. The first-order valence-corrected chi connectivity index (χ1v) is 7.04. The van der Waals surface area contributed by atoms with Crippen molar-refractivity contribution in [2.24, 2.45) is 0 Å². The molecule has 0 saturated carbocycles. The van der Waals surface area contributed by atoms with Gasteiger partial charge in [0, 0.05) is 16.9 Å². The van der Waals surface area contributed by atoms with Crippen molar-refractivity contribution < 1.29 is 40.6 Å². The third kappa shape index (κ3) is 4.50. The van der Waals surface area contributed by atoms with E-state index in [1.165, 1.54) is 17.9 Å². The molecule has 126 valence electrons. The molecule has 2 aromatic rings. The third-order valence-electron chi connectivity index (χ3n) is 2.44. The molecule has 0 aliphatic rings. The Morgan fingerprint density at radius 1 is 1.22 bits per heavy atom. The highest BCUT2D eigenvalue weighted by molar-refractivity contribution is 7.86. The summed E-state index contributed by atoms with van der Waals surface area (Å²) in [6, 6.07) is 8.49. The minimum Gasteiger partial charge on any atom is -0.741 e. The summed E-state index contributed by atoms with van der Waals surface area (Å²) >= 11 is 0. The lowest BCUT2D eigenvalue weighted by atomic mass is 10.2. The van der Waals surface area contributed by atoms with Crippen LogP contribution in [-0.4, -0.2) is 30.5 Å². The third-order valence-corrected chi connectivity index (χ3v) is 3.01. The van der Waals surface area contributed by atoms with Crippen LogP contribution in [0.15, 0.2) is 36.5 Å². The van der Waals surface area contributed by atoms with E-state index in [0.717, 1.165) is 5.39 Å². The first-order chi connectivity index (χ1) is 10.5. The Labute approximate surface area is 127 Å². The Morgan fingerprint density at radius 2 is 1.74 bits per heavy atom. The molecule has 0 radical (unpaired) electrons. The van der Waals surface area contributed by atoms with E-state index in [4.69, 9.17) is 17.8 Å². The second-order valence-electron chi connectivity index (χ2n) is 3.89. The number of fused-ring (bicyclic) bond motifs is 1. The number of non-ortho nitro benzene ring substituents is 1. The van der Waals surface area contributed by atoms with Crippen LogP contribution in [-0.2, 0) is 10.1 Å². The number of hydrogen-bond donors (Lipinski definition) is 0. The predicted molar refractivity (Wildman–Crippen MR) is 69.1 cm³/mol. The van der Waals surface area contributed by atoms with Crippen molar-refractivity contribution in [2.45, 2.75) is 5.51 Å². The van der Waals surface area contributed by atoms with E-state index in [-0.39, 0.29) is 5.69 Å². The summed E-state index contributed by atoms with van der Waals surface area (Å²) in [4.78, 5) is 15.4. The predicted octanol–water partition coefficient (Wildman–Crippen LogP) is 1.15. The Bertz CT molecular complexity index is 817. The molecule has 23 heavy (non-hydrogen) atoms. The van der Waals surface area contributed by atoms with Gasteiger partial charge < -0.3 is 4.55 Å². The largest absolute Gasteiger partial charge is 0.741 e. The van der Waals surface area contributed by atoms with Gasteiger partial charge in [0.15, 0.2) is 10.1 Å². The van der Waals surface area contributed by atoms with Gasteiger partial charge in [0.05, 0.1) is 10.3 Å². The van der Waals surface area contributed by atoms with E-state index in [2.05, 4.69) is 0 Å². The second-order valence-corrected chi connectivity index (χ2v) is 5.26. The minimum absolute atomic E-state index is 0.0370. The molecule has 1 heterocycles. The summed E-state index contributed by atoms with van der Waals surface area (Å²) in [6.45, 7) is 0. The maximum atomic E-state index is 10.8. The van der Waals surface area contributed by atoms with Gasteiger partial charge in [-0.2, -0.15) is 13.2 Å². The lowest BCUT2D eigenvalue weighted by Gasteiger charge is -2.08. The maximum absolute atomic E-state index is 10.8. The van der Waals surface area contributed by atoms with Gasteiger partial charge in [-0.05, 0) is 12.1 Å². The van der Waals surface area contributed by atoms with Crippen molar-refractivity contribution in [3.05, 3.63) is 46.6 Å². The molecule has 2 rings (SSSR count). The fourth-order valence-electron chi connectivity index (χ4n) is 1.52. The molecule has 1 aromatic carbocycles. The fourth-order valence-corrected chi connectivity index (χ4v) is 1.52. The molecule has 0 aliphatic carbocycles. The highest BCUT2D eigenvalue weighted by atomic mass is 32.2. The van der Waals surface area contributed by atoms with Crippen LogP contribution in [0.1, 0.15) is 0 Å². The van der Waals surface area contributed by atoms with Crippen molar-refractivity contribution in [1.82, 2.24) is 0 Å². The number of benzene rings is 1. The number of alkyl halides is 3. The second kappa shape index (κ2) is 6.75. The van der Waals surface area contributed by atoms with E-state index in [1.54, 1.807) is 30.5 Å². The number of hydrogen-bond acceptors (Lipinski definition) is 6. The van der Waals surface area contributed by atoms with Crippen LogP contribution in [0.5, 0.6) is 0 Å². The summed E-state index contributed by atoms with van der Waals surface area (Å²) in [5.74, 6) is 0. The van der Waals surface area contributed by atoms with Gasteiger partial charge in [0.25, 0.3) is 0 Å². The van der Waals surface area contributed by atoms with Crippen molar-refractivity contribution >= 4 is 26.7 Å². The molecule has 0 fully saturated rings. The van der Waals surface area contributed by atoms with Gasteiger partial charge in [-0.25, -0.2) is 8.42 Å². The zero-order valence-corrected chi connectivity index (χ0v) is 12.2. The van der Waals surface area contributed by atoms with Crippen molar-refractivity contribution in [2.75, 3.05) is 7.11 Å². The highest BCUT2D eigenvalue weighted by Gasteiger charge is 2.36. The number of rotatable bonds is 2. The first kappa shape index (κ1) is 18.6. The number of aromatic nitrogens is 1. The molecule has 0 N–H and O–H groups in total. The molecule has 8 nitrogen and oxygen atoms in total. The standard InChI is InChI=1S/C10H9N2O3.CHF3O3S/c1-15-11-7-3-5-8-4-2-6-9(10(8)11)12(13)14;2-1(3,4)8(5,6)7/h2-7H,1H3;(H,5,6,7)/q+1;/p-1. The van der Waals surface area contributed by atoms with Crippen LogP contribution < -0.4 is 9.57 Å². The zero-order valence-electron chi connectivity index (χ0n) is 11.4. The van der Waals surface area contributed by atoms with Gasteiger partial charge in [0.1, 0.15) is 7.11 Å². The zero-order chi connectivity index (χ0) is 17.8. The smallest absolute Gasteiger partial charge is 0.485 e. The topological polar surface area (TPSA) is 113 Å². The van der Waals surface area contributed by atoms with E-state index < -0.39 is 20.5 Å². The molecule has 0 amide bonds. The average molecular weight is 354 g/mol. The van der Waals surface area contributed by atoms with Crippen molar-refractivity contribution in [3.63, 3.8) is 0 Å². The van der Waals surface area contributed by atoms with Gasteiger partial charge in [-0.15, -0.1) is 0 Å². The number of pyridine rings is 1. The molecule has 0 atom stereocenters. The monoisotopic (exact) mass is 354 g/mol. The Hall–Kier alpha value is -2.47.